The Hall–Kier alpha value is -2.20. The molecule has 7 nitrogen and oxygen atoms in total. The second kappa shape index (κ2) is 5.66. The monoisotopic (exact) mass is 332 g/mol. The molecule has 0 unspecified atom stereocenters. The fraction of sp³-hybridized carbons (Fsp3) is 0.0909. The number of nitrogens with one attached hydrogen (secondary N) is 1. The highest BCUT2D eigenvalue weighted by Crippen LogP contribution is 2.27. The summed E-state index contributed by atoms with van der Waals surface area (Å²) in [6.07, 6.45) is 0. The Balaban J connectivity index is 2.42. The Morgan fingerprint density at radius 1 is 1.48 bits per heavy atom. The number of nitrogens with zero attached hydrogens (tertiary/aromatic N) is 1. The van der Waals surface area contributed by atoms with Gasteiger partial charge in [0, 0.05) is 6.07 Å². The van der Waals surface area contributed by atoms with Crippen molar-refractivity contribution in [1.82, 2.24) is 4.98 Å². The van der Waals surface area contributed by atoms with Crippen LogP contribution >= 0.6 is 11.3 Å². The first kappa shape index (κ1) is 15.2. The first-order valence-corrected chi connectivity index (χ1v) is 7.74. The maximum Gasteiger partial charge on any atom is 0.356 e. The highest BCUT2D eigenvalue weighted by molar-refractivity contribution is 7.94. The average Bonchev–Trinajstić information content (AvgIpc) is 2.91. The molecule has 0 saturated heterocycles. The normalized spacial score (nSPS) is 11.1. The second-order valence-electron chi connectivity index (χ2n) is 3.74. The Morgan fingerprint density at radius 3 is 2.81 bits per heavy atom. The quantitative estimate of drug-likeness (QED) is 0.865. The van der Waals surface area contributed by atoms with Crippen molar-refractivity contribution in [3.05, 3.63) is 35.2 Å². The number of carbonyl (C=O) groups is 1. The third-order valence-corrected chi connectivity index (χ3v) is 5.13. The van der Waals surface area contributed by atoms with E-state index in [0.717, 1.165) is 17.6 Å². The van der Waals surface area contributed by atoms with Crippen LogP contribution in [-0.4, -0.2) is 31.6 Å². The standard InChI is InChI=1S/C11H9FN2O5S2/c1-19-6-2-3-7(12)8(4-6)14-21(17,18)11-9(10(15)16)13-5-20-11/h2-5,14H,1H3,(H,15,16). The third-order valence-electron chi connectivity index (χ3n) is 2.40. The van der Waals surface area contributed by atoms with Crippen molar-refractivity contribution in [3.8, 4) is 5.75 Å². The van der Waals surface area contributed by atoms with Crippen molar-refractivity contribution < 1.29 is 27.4 Å². The number of halogens is 1. The van der Waals surface area contributed by atoms with E-state index in [-0.39, 0.29) is 11.4 Å². The van der Waals surface area contributed by atoms with Crippen LogP contribution in [0.15, 0.2) is 27.9 Å². The summed E-state index contributed by atoms with van der Waals surface area (Å²) in [5, 5.41) is 8.88. The van der Waals surface area contributed by atoms with Gasteiger partial charge in [-0.3, -0.25) is 4.72 Å². The van der Waals surface area contributed by atoms with Gasteiger partial charge in [-0.05, 0) is 12.1 Å². The van der Waals surface area contributed by atoms with E-state index in [1.165, 1.54) is 13.2 Å². The van der Waals surface area contributed by atoms with Gasteiger partial charge in [-0.15, -0.1) is 11.3 Å². The molecule has 0 amide bonds. The van der Waals surface area contributed by atoms with Gasteiger partial charge in [0.25, 0.3) is 10.0 Å². The van der Waals surface area contributed by atoms with Crippen molar-refractivity contribution in [2.45, 2.75) is 4.21 Å². The minimum Gasteiger partial charge on any atom is -0.497 e. The Kier molecular flexibility index (Phi) is 4.09. The summed E-state index contributed by atoms with van der Waals surface area (Å²) in [7, 11) is -2.92. The van der Waals surface area contributed by atoms with Gasteiger partial charge in [0.15, 0.2) is 9.90 Å². The number of hydrogen-bond donors (Lipinski definition) is 2. The number of aromatic carboxylic acids is 1. The van der Waals surface area contributed by atoms with Crippen molar-refractivity contribution in [1.29, 1.82) is 0 Å². The molecule has 1 heterocycles. The predicted octanol–water partition coefficient (Wildman–Crippen LogP) is 1.79. The maximum atomic E-state index is 13.6. The molecular weight excluding hydrogens is 323 g/mol. The van der Waals surface area contributed by atoms with Gasteiger partial charge in [-0.2, -0.15) is 0 Å². The molecule has 2 N–H and O–H groups in total. The summed E-state index contributed by atoms with van der Waals surface area (Å²) in [6.45, 7) is 0. The third kappa shape index (κ3) is 3.11. The largest absolute Gasteiger partial charge is 0.497 e. The van der Waals surface area contributed by atoms with E-state index in [4.69, 9.17) is 9.84 Å². The fourth-order valence-electron chi connectivity index (χ4n) is 1.47. The number of hydrogen-bond acceptors (Lipinski definition) is 6. The van der Waals surface area contributed by atoms with Crippen molar-refractivity contribution in [3.63, 3.8) is 0 Å². The number of anilines is 1. The van der Waals surface area contributed by atoms with Gasteiger partial charge in [0.05, 0.1) is 18.3 Å². The molecule has 0 aliphatic heterocycles. The molecule has 0 saturated carbocycles. The molecule has 1 aromatic heterocycles. The van der Waals surface area contributed by atoms with Crippen LogP contribution in [-0.2, 0) is 10.0 Å². The van der Waals surface area contributed by atoms with Gasteiger partial charge in [0.2, 0.25) is 0 Å². The lowest BCUT2D eigenvalue weighted by atomic mass is 10.3. The molecule has 0 bridgehead atoms. The second-order valence-corrected chi connectivity index (χ2v) is 6.48. The van der Waals surface area contributed by atoms with Gasteiger partial charge in [-0.25, -0.2) is 22.6 Å². The van der Waals surface area contributed by atoms with Crippen LogP contribution in [0.4, 0.5) is 10.1 Å². The number of ether oxygens (including phenoxy) is 1. The van der Waals surface area contributed by atoms with Crippen LogP contribution in [0.1, 0.15) is 10.5 Å². The zero-order chi connectivity index (χ0) is 15.6. The Bertz CT molecular complexity index is 788. The molecular formula is C11H9FN2O5S2. The summed E-state index contributed by atoms with van der Waals surface area (Å²) >= 11 is 0.624. The number of thiazole rings is 1. The van der Waals surface area contributed by atoms with Crippen molar-refractivity contribution in [2.24, 2.45) is 0 Å². The predicted molar refractivity (Wildman–Crippen MR) is 72.8 cm³/mol. The van der Waals surface area contributed by atoms with Crippen LogP contribution in [0.5, 0.6) is 5.75 Å². The minimum atomic E-state index is -4.26. The van der Waals surface area contributed by atoms with E-state index in [1.54, 1.807) is 0 Å². The van der Waals surface area contributed by atoms with Gasteiger partial charge >= 0.3 is 5.97 Å². The molecule has 0 atom stereocenters. The van der Waals surface area contributed by atoms with Crippen molar-refractivity contribution >= 4 is 33.0 Å². The van der Waals surface area contributed by atoms with Gasteiger partial charge in [-0.1, -0.05) is 0 Å². The molecule has 0 aliphatic rings. The van der Waals surface area contributed by atoms with E-state index in [1.807, 2.05) is 4.72 Å². The highest BCUT2D eigenvalue weighted by atomic mass is 32.2. The average molecular weight is 332 g/mol. The van der Waals surface area contributed by atoms with Crippen LogP contribution in [0.2, 0.25) is 0 Å². The van der Waals surface area contributed by atoms with E-state index in [2.05, 4.69) is 4.98 Å². The SMILES string of the molecule is COc1ccc(F)c(NS(=O)(=O)c2scnc2C(=O)O)c1. The summed E-state index contributed by atoms with van der Waals surface area (Å²) in [6, 6.07) is 3.50. The van der Waals surface area contributed by atoms with Crippen LogP contribution in [0.25, 0.3) is 0 Å². The fourth-order valence-corrected chi connectivity index (χ4v) is 3.67. The van der Waals surface area contributed by atoms with Gasteiger partial charge < -0.3 is 9.84 Å². The van der Waals surface area contributed by atoms with Crippen LogP contribution < -0.4 is 9.46 Å². The molecule has 21 heavy (non-hydrogen) atoms. The molecule has 1 aromatic carbocycles. The molecule has 0 spiro atoms. The first-order chi connectivity index (χ1) is 9.85. The zero-order valence-corrected chi connectivity index (χ0v) is 12.2. The van der Waals surface area contributed by atoms with E-state index < -0.39 is 31.7 Å². The number of rotatable bonds is 5. The lowest BCUT2D eigenvalue weighted by molar-refractivity contribution is 0.0687. The molecule has 0 radical (unpaired) electrons. The van der Waals surface area contributed by atoms with Crippen LogP contribution in [0, 0.1) is 5.82 Å². The Morgan fingerprint density at radius 2 is 2.19 bits per heavy atom. The Labute approximate surface area is 123 Å². The number of sulfonamides is 1. The number of carboxylic acids is 1. The molecule has 112 valence electrons. The zero-order valence-electron chi connectivity index (χ0n) is 10.5. The lowest BCUT2D eigenvalue weighted by Gasteiger charge is -2.09. The molecule has 2 rings (SSSR count). The van der Waals surface area contributed by atoms with Crippen LogP contribution in [0.3, 0.4) is 0 Å². The van der Waals surface area contributed by atoms with Gasteiger partial charge in [0.1, 0.15) is 11.6 Å². The molecule has 0 aliphatic carbocycles. The smallest absolute Gasteiger partial charge is 0.356 e. The summed E-state index contributed by atoms with van der Waals surface area (Å²) in [4.78, 5) is 14.4. The highest BCUT2D eigenvalue weighted by Gasteiger charge is 2.26. The van der Waals surface area contributed by atoms with Crippen molar-refractivity contribution in [2.75, 3.05) is 11.8 Å². The van der Waals surface area contributed by atoms with E-state index >= 15 is 0 Å². The van der Waals surface area contributed by atoms with E-state index in [0.29, 0.717) is 11.3 Å². The lowest BCUT2D eigenvalue weighted by Crippen LogP contribution is -2.16. The topological polar surface area (TPSA) is 106 Å². The number of aromatic nitrogens is 1. The molecule has 0 fully saturated rings. The summed E-state index contributed by atoms with van der Waals surface area (Å²) in [5.74, 6) is -2.06. The van der Waals surface area contributed by atoms with E-state index in [9.17, 15) is 17.6 Å². The minimum absolute atomic E-state index is 0.247. The number of benzene rings is 1. The molecule has 2 aromatic rings. The first-order valence-electron chi connectivity index (χ1n) is 5.38. The number of carboxylic acid groups (broad SMARTS) is 1. The summed E-state index contributed by atoms with van der Waals surface area (Å²) in [5.41, 5.74) is 0.120. The maximum absolute atomic E-state index is 13.6. The molecule has 10 heteroatoms. The summed E-state index contributed by atoms with van der Waals surface area (Å²) < 4.78 is 44.2. The number of methoxy groups -OCH3 is 1.